The van der Waals surface area contributed by atoms with Gasteiger partial charge in [0.1, 0.15) is 0 Å². The minimum Gasteiger partial charge on any atom is -0.313 e. The summed E-state index contributed by atoms with van der Waals surface area (Å²) < 4.78 is 0. The summed E-state index contributed by atoms with van der Waals surface area (Å²) in [6, 6.07) is 0.907. The van der Waals surface area contributed by atoms with Crippen LogP contribution in [-0.2, 0) is 0 Å². The Hall–Kier alpha value is -0.0400. The standard InChI is InChI=1S/C14H21N/c1-3-15-13-11-8-4-6-7-5-9(10(6)11)14(13,2)12(7)8/h6-13,15H,3-5H2,1-2H3/t6-,7?,8+,9+,10-,11-,12?,13+,14+/m0/s1. The van der Waals surface area contributed by atoms with E-state index in [1.54, 1.807) is 12.8 Å². The molecule has 6 aliphatic carbocycles. The zero-order chi connectivity index (χ0) is 9.95. The fourth-order valence-electron chi connectivity index (χ4n) is 7.70. The van der Waals surface area contributed by atoms with E-state index in [-0.39, 0.29) is 0 Å². The van der Waals surface area contributed by atoms with Crippen molar-refractivity contribution in [1.29, 1.82) is 0 Å². The predicted octanol–water partition coefficient (Wildman–Crippen LogP) is 2.13. The van der Waals surface area contributed by atoms with Crippen molar-refractivity contribution in [2.24, 2.45) is 46.8 Å². The second-order valence-corrected chi connectivity index (χ2v) is 7.15. The lowest BCUT2D eigenvalue weighted by Gasteiger charge is -2.40. The normalized spacial score (nSPS) is 75.6. The summed E-state index contributed by atoms with van der Waals surface area (Å²) in [6.45, 7) is 6.12. The lowest BCUT2D eigenvalue weighted by Crippen LogP contribution is -2.42. The first-order valence-corrected chi connectivity index (χ1v) is 7.02. The van der Waals surface area contributed by atoms with Gasteiger partial charge in [0.25, 0.3) is 0 Å². The Morgan fingerprint density at radius 2 is 2.00 bits per heavy atom. The number of hydrogen-bond donors (Lipinski definition) is 1. The molecule has 82 valence electrons. The maximum Gasteiger partial charge on any atom is 0.0160 e. The highest BCUT2D eigenvalue weighted by Gasteiger charge is 2.84. The molecule has 0 saturated heterocycles. The van der Waals surface area contributed by atoms with E-state index in [9.17, 15) is 0 Å². The molecule has 0 amide bonds. The Balaban J connectivity index is 1.72. The molecule has 6 bridgehead atoms. The van der Waals surface area contributed by atoms with Crippen LogP contribution >= 0.6 is 0 Å². The second-order valence-electron chi connectivity index (χ2n) is 7.15. The second kappa shape index (κ2) is 2.03. The van der Waals surface area contributed by atoms with Gasteiger partial charge in [-0.05, 0) is 66.2 Å². The Bertz CT molecular complexity index is 351. The fourth-order valence-corrected chi connectivity index (χ4v) is 7.70. The molecule has 6 saturated carbocycles. The molecule has 6 fully saturated rings. The van der Waals surface area contributed by atoms with E-state index < -0.39 is 0 Å². The monoisotopic (exact) mass is 203 g/mol. The molecule has 0 aromatic rings. The van der Waals surface area contributed by atoms with E-state index >= 15 is 0 Å². The molecule has 0 heterocycles. The summed E-state index contributed by atoms with van der Waals surface area (Å²) in [6.07, 6.45) is 3.24. The van der Waals surface area contributed by atoms with Crippen molar-refractivity contribution in [2.45, 2.75) is 32.7 Å². The lowest BCUT2D eigenvalue weighted by atomic mass is 9.64. The van der Waals surface area contributed by atoms with Gasteiger partial charge in [-0.3, -0.25) is 0 Å². The molecule has 6 rings (SSSR count). The Morgan fingerprint density at radius 3 is 2.73 bits per heavy atom. The first-order valence-electron chi connectivity index (χ1n) is 7.02. The van der Waals surface area contributed by atoms with Gasteiger partial charge in [0.2, 0.25) is 0 Å². The van der Waals surface area contributed by atoms with Crippen molar-refractivity contribution >= 4 is 0 Å². The fraction of sp³-hybridized carbons (Fsp3) is 1.00. The van der Waals surface area contributed by atoms with Crippen LogP contribution in [0.1, 0.15) is 26.7 Å². The molecule has 9 atom stereocenters. The van der Waals surface area contributed by atoms with Gasteiger partial charge in [-0.1, -0.05) is 13.8 Å². The summed E-state index contributed by atoms with van der Waals surface area (Å²) in [5.41, 5.74) is 0.730. The van der Waals surface area contributed by atoms with E-state index in [4.69, 9.17) is 0 Å². The van der Waals surface area contributed by atoms with Crippen LogP contribution in [0.15, 0.2) is 0 Å². The van der Waals surface area contributed by atoms with Crippen molar-refractivity contribution in [3.8, 4) is 0 Å². The van der Waals surface area contributed by atoms with Gasteiger partial charge < -0.3 is 5.32 Å². The van der Waals surface area contributed by atoms with Gasteiger partial charge in [-0.2, -0.15) is 0 Å². The van der Waals surface area contributed by atoms with Gasteiger partial charge in [0, 0.05) is 6.04 Å². The third kappa shape index (κ3) is 0.537. The summed E-state index contributed by atoms with van der Waals surface area (Å²) in [5.74, 6) is 8.06. The van der Waals surface area contributed by atoms with Crippen LogP contribution in [0.4, 0.5) is 0 Å². The number of hydrogen-bond acceptors (Lipinski definition) is 1. The van der Waals surface area contributed by atoms with Crippen molar-refractivity contribution in [1.82, 2.24) is 5.32 Å². The van der Waals surface area contributed by atoms with E-state index in [1.807, 2.05) is 0 Å². The van der Waals surface area contributed by atoms with Crippen LogP contribution in [0.2, 0.25) is 0 Å². The molecule has 6 aliphatic rings. The summed E-state index contributed by atoms with van der Waals surface area (Å²) in [7, 11) is 0. The van der Waals surface area contributed by atoms with Crippen LogP contribution in [0.25, 0.3) is 0 Å². The smallest absolute Gasteiger partial charge is 0.0160 e. The Labute approximate surface area is 92.0 Å². The van der Waals surface area contributed by atoms with Crippen LogP contribution < -0.4 is 5.32 Å². The molecule has 0 aliphatic heterocycles. The van der Waals surface area contributed by atoms with Crippen molar-refractivity contribution < 1.29 is 0 Å². The summed E-state index contributed by atoms with van der Waals surface area (Å²) >= 11 is 0. The van der Waals surface area contributed by atoms with Crippen LogP contribution in [0.5, 0.6) is 0 Å². The van der Waals surface area contributed by atoms with E-state index in [0.717, 1.165) is 35.1 Å². The predicted molar refractivity (Wildman–Crippen MR) is 59.2 cm³/mol. The lowest BCUT2D eigenvalue weighted by molar-refractivity contribution is 0.0654. The largest absolute Gasteiger partial charge is 0.313 e. The first-order chi connectivity index (χ1) is 7.28. The van der Waals surface area contributed by atoms with Crippen molar-refractivity contribution in [3.63, 3.8) is 0 Å². The molecule has 0 spiro atoms. The minimum absolute atomic E-state index is 0.730. The topological polar surface area (TPSA) is 12.0 Å². The molecule has 1 N–H and O–H groups in total. The van der Waals surface area contributed by atoms with Gasteiger partial charge in [0.05, 0.1) is 0 Å². The molecule has 1 heteroatoms. The molecule has 0 radical (unpaired) electrons. The zero-order valence-corrected chi connectivity index (χ0v) is 9.74. The van der Waals surface area contributed by atoms with Gasteiger partial charge in [-0.25, -0.2) is 0 Å². The summed E-state index contributed by atoms with van der Waals surface area (Å²) in [4.78, 5) is 0. The van der Waals surface area contributed by atoms with Crippen LogP contribution in [0, 0.1) is 46.8 Å². The molecular weight excluding hydrogens is 182 g/mol. The molecule has 15 heavy (non-hydrogen) atoms. The average Bonchev–Trinajstić information content (AvgIpc) is 2.85. The maximum absolute atomic E-state index is 3.86. The minimum atomic E-state index is 0.730. The van der Waals surface area contributed by atoms with Crippen molar-refractivity contribution in [2.75, 3.05) is 6.54 Å². The maximum atomic E-state index is 3.86. The molecule has 0 aromatic carbocycles. The van der Waals surface area contributed by atoms with E-state index in [1.165, 1.54) is 24.3 Å². The SMILES string of the molecule is CCN[C@@H]1[C@@H]2[C@@H]3[C@H]4CC5C([C@@H]2C[C@@H]53)[C@@]41C. The molecular formula is C14H21N. The number of nitrogens with one attached hydrogen (secondary N) is 1. The molecule has 2 unspecified atom stereocenters. The van der Waals surface area contributed by atoms with Crippen molar-refractivity contribution in [3.05, 3.63) is 0 Å². The third-order valence-corrected chi connectivity index (χ3v) is 7.44. The van der Waals surface area contributed by atoms with Crippen LogP contribution in [-0.4, -0.2) is 12.6 Å². The summed E-state index contributed by atoms with van der Waals surface area (Å²) in [5, 5.41) is 3.86. The van der Waals surface area contributed by atoms with E-state index in [0.29, 0.717) is 0 Å². The van der Waals surface area contributed by atoms with Gasteiger partial charge in [-0.15, -0.1) is 0 Å². The van der Waals surface area contributed by atoms with Crippen LogP contribution in [0.3, 0.4) is 0 Å². The molecule has 0 aromatic heterocycles. The Morgan fingerprint density at radius 1 is 1.13 bits per heavy atom. The van der Waals surface area contributed by atoms with Gasteiger partial charge >= 0.3 is 0 Å². The highest BCUT2D eigenvalue weighted by Crippen LogP contribution is 2.86. The average molecular weight is 203 g/mol. The zero-order valence-electron chi connectivity index (χ0n) is 9.74. The highest BCUT2D eigenvalue weighted by molar-refractivity contribution is 5.33. The van der Waals surface area contributed by atoms with Gasteiger partial charge in [0.15, 0.2) is 0 Å². The Kier molecular flexibility index (Phi) is 1.10. The highest BCUT2D eigenvalue weighted by atomic mass is 15.0. The molecule has 1 nitrogen and oxygen atoms in total. The third-order valence-electron chi connectivity index (χ3n) is 7.44. The quantitative estimate of drug-likeness (QED) is 0.725. The van der Waals surface area contributed by atoms with E-state index in [2.05, 4.69) is 19.2 Å². The first kappa shape index (κ1) is 8.11. The number of rotatable bonds is 2.